The fourth-order valence-corrected chi connectivity index (χ4v) is 5.45. The minimum absolute atomic E-state index is 0.0532. The van der Waals surface area contributed by atoms with E-state index in [4.69, 9.17) is 16.3 Å². The van der Waals surface area contributed by atoms with Gasteiger partial charge in [-0.1, -0.05) is 41.9 Å². The first-order valence-corrected chi connectivity index (χ1v) is 11.4. The molecule has 0 aliphatic carbocycles. The summed E-state index contributed by atoms with van der Waals surface area (Å²) in [5.41, 5.74) is 0.898. The van der Waals surface area contributed by atoms with Crippen molar-refractivity contribution in [3.05, 3.63) is 59.1 Å². The van der Waals surface area contributed by atoms with E-state index in [1.165, 1.54) is 36.5 Å². The van der Waals surface area contributed by atoms with E-state index in [9.17, 15) is 13.2 Å². The fraction of sp³-hybridized carbons (Fsp3) is 0.286. The maximum Gasteiger partial charge on any atom is 0.324 e. The molecule has 2 aliphatic heterocycles. The van der Waals surface area contributed by atoms with Gasteiger partial charge in [0.2, 0.25) is 5.90 Å². The molecular formula is C21H21ClN4O4S. The number of carbonyl (C=O) groups excluding carboxylic acids is 1. The number of amides is 2. The van der Waals surface area contributed by atoms with Crippen molar-refractivity contribution in [2.24, 2.45) is 9.98 Å². The molecule has 0 bridgehead atoms. The molecule has 1 N–H and O–H groups in total. The molecule has 1 saturated heterocycles. The number of nitrogens with one attached hydrogen (secondary N) is 1. The van der Waals surface area contributed by atoms with Crippen molar-refractivity contribution in [2.75, 3.05) is 12.0 Å². The number of hydrogen-bond donors (Lipinski definition) is 1. The second-order valence-corrected chi connectivity index (χ2v) is 10.5. The van der Waals surface area contributed by atoms with Gasteiger partial charge in [0.1, 0.15) is 12.4 Å². The zero-order chi connectivity index (χ0) is 22.4. The number of rotatable bonds is 4. The number of ether oxygens (including phenoxy) is 1. The van der Waals surface area contributed by atoms with Crippen LogP contribution in [0.3, 0.4) is 0 Å². The summed E-state index contributed by atoms with van der Waals surface area (Å²) in [7, 11) is -2.37. The van der Waals surface area contributed by atoms with E-state index in [1.54, 1.807) is 38.1 Å². The molecule has 10 heteroatoms. The summed E-state index contributed by atoms with van der Waals surface area (Å²) in [5.74, 6) is 0.306. The highest BCUT2D eigenvalue weighted by molar-refractivity contribution is 7.92. The number of fused-ring (bicyclic) bond motifs is 1. The third kappa shape index (κ3) is 3.37. The van der Waals surface area contributed by atoms with E-state index in [0.29, 0.717) is 11.5 Å². The molecule has 31 heavy (non-hydrogen) atoms. The maximum atomic E-state index is 13.6. The normalized spacial score (nSPS) is 20.8. The van der Waals surface area contributed by atoms with Crippen molar-refractivity contribution < 1.29 is 17.9 Å². The molecule has 2 aromatic rings. The maximum absolute atomic E-state index is 13.6. The van der Waals surface area contributed by atoms with Crippen molar-refractivity contribution in [1.29, 1.82) is 0 Å². The Morgan fingerprint density at radius 3 is 2.55 bits per heavy atom. The van der Waals surface area contributed by atoms with Gasteiger partial charge >= 0.3 is 6.03 Å². The monoisotopic (exact) mass is 460 g/mol. The van der Waals surface area contributed by atoms with Gasteiger partial charge in [-0.25, -0.2) is 23.2 Å². The molecule has 2 amide bonds. The van der Waals surface area contributed by atoms with Crippen LogP contribution in [-0.2, 0) is 19.3 Å². The lowest BCUT2D eigenvalue weighted by Gasteiger charge is -2.28. The second-order valence-electron chi connectivity index (χ2n) is 7.64. The minimum atomic E-state index is -3.83. The van der Waals surface area contributed by atoms with Crippen LogP contribution in [0.15, 0.2) is 63.4 Å². The average molecular weight is 461 g/mol. The third-order valence-electron chi connectivity index (χ3n) is 5.57. The molecule has 8 nitrogen and oxygen atoms in total. The number of halogens is 1. The number of carbonyl (C=O) groups is 1. The molecule has 2 aromatic carbocycles. The molecule has 0 saturated carbocycles. The SMILES string of the molecule is COC1=NC=NC2C1NC(=O)N2c1cc(S(=O)(=O)C(C)(C)c2ccccc2)ccc1Cl. The Balaban J connectivity index is 1.77. The lowest BCUT2D eigenvalue weighted by atomic mass is 10.0. The van der Waals surface area contributed by atoms with Crippen LogP contribution in [0, 0.1) is 0 Å². The van der Waals surface area contributed by atoms with Gasteiger partial charge in [0.25, 0.3) is 0 Å². The summed E-state index contributed by atoms with van der Waals surface area (Å²) >= 11 is 6.39. The predicted octanol–water partition coefficient (Wildman–Crippen LogP) is 3.36. The highest BCUT2D eigenvalue weighted by atomic mass is 35.5. The topological polar surface area (TPSA) is 100 Å². The number of sulfone groups is 1. The van der Waals surface area contributed by atoms with E-state index in [-0.39, 0.29) is 15.6 Å². The summed E-state index contributed by atoms with van der Waals surface area (Å²) in [6.45, 7) is 3.30. The van der Waals surface area contributed by atoms with Gasteiger partial charge in [0.05, 0.1) is 27.5 Å². The first-order chi connectivity index (χ1) is 14.7. The number of anilines is 1. The highest BCUT2D eigenvalue weighted by Gasteiger charge is 2.46. The van der Waals surface area contributed by atoms with E-state index < -0.39 is 32.8 Å². The lowest BCUT2D eigenvalue weighted by Crippen LogP contribution is -2.43. The van der Waals surface area contributed by atoms with Gasteiger partial charge in [-0.05, 0) is 37.6 Å². The van der Waals surface area contributed by atoms with Crippen LogP contribution in [0.25, 0.3) is 0 Å². The molecule has 2 aliphatic rings. The second kappa shape index (κ2) is 7.65. The number of methoxy groups -OCH3 is 1. The van der Waals surface area contributed by atoms with Gasteiger partial charge in [0.15, 0.2) is 16.0 Å². The van der Waals surface area contributed by atoms with Crippen LogP contribution in [0.5, 0.6) is 0 Å². The van der Waals surface area contributed by atoms with Gasteiger partial charge in [0, 0.05) is 0 Å². The number of aliphatic imine (C=N–C) groups is 2. The van der Waals surface area contributed by atoms with Gasteiger partial charge < -0.3 is 10.1 Å². The molecule has 0 radical (unpaired) electrons. The Hall–Kier alpha value is -2.91. The zero-order valence-electron chi connectivity index (χ0n) is 17.1. The molecule has 2 heterocycles. The van der Waals surface area contributed by atoms with Crippen molar-refractivity contribution in [2.45, 2.75) is 35.7 Å². The van der Waals surface area contributed by atoms with Crippen LogP contribution >= 0.6 is 11.6 Å². The summed E-state index contributed by atoms with van der Waals surface area (Å²) in [6, 6.07) is 12.2. The summed E-state index contributed by atoms with van der Waals surface area (Å²) < 4.78 is 31.2. The van der Waals surface area contributed by atoms with E-state index >= 15 is 0 Å². The van der Waals surface area contributed by atoms with Crippen LogP contribution in [0.4, 0.5) is 10.5 Å². The molecule has 0 aromatic heterocycles. The first-order valence-electron chi connectivity index (χ1n) is 9.51. The van der Waals surface area contributed by atoms with Gasteiger partial charge in [-0.15, -0.1) is 0 Å². The smallest absolute Gasteiger partial charge is 0.324 e. The predicted molar refractivity (Wildman–Crippen MR) is 120 cm³/mol. The Kier molecular flexibility index (Phi) is 5.26. The summed E-state index contributed by atoms with van der Waals surface area (Å²) in [4.78, 5) is 22.4. The van der Waals surface area contributed by atoms with Crippen LogP contribution in [0.1, 0.15) is 19.4 Å². The van der Waals surface area contributed by atoms with Gasteiger partial charge in [-0.2, -0.15) is 0 Å². The van der Waals surface area contributed by atoms with Crippen LogP contribution in [-0.4, -0.2) is 46.0 Å². The summed E-state index contributed by atoms with van der Waals surface area (Å²) in [5, 5.41) is 2.98. The van der Waals surface area contributed by atoms with Crippen molar-refractivity contribution in [3.8, 4) is 0 Å². The lowest BCUT2D eigenvalue weighted by molar-refractivity contribution is 0.251. The highest BCUT2D eigenvalue weighted by Crippen LogP contribution is 2.39. The molecule has 162 valence electrons. The first kappa shape index (κ1) is 21.3. The number of benzene rings is 2. The van der Waals surface area contributed by atoms with Crippen molar-refractivity contribution >= 4 is 45.4 Å². The molecular weight excluding hydrogens is 440 g/mol. The molecule has 1 fully saturated rings. The van der Waals surface area contributed by atoms with Crippen molar-refractivity contribution in [1.82, 2.24) is 5.32 Å². The van der Waals surface area contributed by atoms with Crippen LogP contribution in [0.2, 0.25) is 5.02 Å². The largest absolute Gasteiger partial charge is 0.482 e. The van der Waals surface area contributed by atoms with E-state index in [2.05, 4.69) is 15.3 Å². The molecule has 4 rings (SSSR count). The molecule has 2 unspecified atom stereocenters. The number of urea groups is 1. The molecule has 2 atom stereocenters. The number of nitrogens with zero attached hydrogens (tertiary/aromatic N) is 3. The number of hydrogen-bond acceptors (Lipinski definition) is 6. The third-order valence-corrected chi connectivity index (χ3v) is 8.34. The quantitative estimate of drug-likeness (QED) is 0.755. The Labute approximate surface area is 185 Å². The average Bonchev–Trinajstić information content (AvgIpc) is 3.10. The van der Waals surface area contributed by atoms with Crippen LogP contribution < -0.4 is 10.2 Å². The summed E-state index contributed by atoms with van der Waals surface area (Å²) in [6.07, 6.45) is 0.609. The Morgan fingerprint density at radius 1 is 1.16 bits per heavy atom. The van der Waals surface area contributed by atoms with Crippen molar-refractivity contribution in [3.63, 3.8) is 0 Å². The fourth-order valence-electron chi connectivity index (χ4n) is 3.69. The van der Waals surface area contributed by atoms with E-state index in [1.807, 2.05) is 6.07 Å². The zero-order valence-corrected chi connectivity index (χ0v) is 18.7. The standard InChI is InChI=1S/C21H21ClN4O4S/c1-21(2,13-7-5-4-6-8-13)31(28,29)14-9-10-15(22)16(11-14)26-18-17(25-20(26)27)19(30-3)24-12-23-18/h4-12,17-18H,1-3H3,(H,25,27). The Bertz CT molecular complexity index is 1200. The Morgan fingerprint density at radius 2 is 1.87 bits per heavy atom. The minimum Gasteiger partial charge on any atom is -0.482 e. The molecule has 0 spiro atoms. The van der Waals surface area contributed by atoms with Gasteiger partial charge in [-0.3, -0.25) is 4.90 Å². The van der Waals surface area contributed by atoms with E-state index in [0.717, 1.165) is 0 Å².